The van der Waals surface area contributed by atoms with Crippen LogP contribution in [0, 0.1) is 11.3 Å². The number of carbonyl (C=O) groups is 1. The molecule has 3 N–H and O–H groups in total. The largest absolute Gasteiger partial charge is 0.497 e. The Hall–Kier alpha value is -4.32. The molecule has 1 aromatic heterocycles. The first-order valence-corrected chi connectivity index (χ1v) is 9.98. The summed E-state index contributed by atoms with van der Waals surface area (Å²) in [5, 5.41) is 18.0. The van der Waals surface area contributed by atoms with Crippen LogP contribution >= 0.6 is 0 Å². The summed E-state index contributed by atoms with van der Waals surface area (Å²) < 4.78 is 10.5. The molecule has 0 spiro atoms. The molecule has 2 amide bonds. The number of aromatic nitrogens is 2. The Bertz CT molecular complexity index is 1140. The van der Waals surface area contributed by atoms with Gasteiger partial charge in [0, 0.05) is 41.8 Å². The molecule has 0 unspecified atom stereocenters. The quantitative estimate of drug-likeness (QED) is 0.485. The van der Waals surface area contributed by atoms with Gasteiger partial charge in [0.25, 0.3) is 0 Å². The van der Waals surface area contributed by atoms with Crippen molar-refractivity contribution in [3.63, 3.8) is 0 Å². The van der Waals surface area contributed by atoms with Gasteiger partial charge >= 0.3 is 6.03 Å². The van der Waals surface area contributed by atoms with Crippen molar-refractivity contribution in [3.05, 3.63) is 54.2 Å². The van der Waals surface area contributed by atoms with E-state index < -0.39 is 0 Å². The van der Waals surface area contributed by atoms with Gasteiger partial charge in [-0.05, 0) is 36.8 Å². The number of amides is 2. The number of nitrogens with zero attached hydrogens (tertiary/aromatic N) is 3. The Labute approximate surface area is 186 Å². The number of methoxy groups -OCH3 is 2. The number of rotatable bonds is 8. The second-order valence-electron chi connectivity index (χ2n) is 6.75. The predicted octanol–water partition coefficient (Wildman–Crippen LogP) is 4.31. The molecule has 0 saturated carbocycles. The average molecular weight is 432 g/mol. The molecule has 3 rings (SSSR count). The average Bonchev–Trinajstić information content (AvgIpc) is 2.82. The van der Waals surface area contributed by atoms with E-state index in [2.05, 4.69) is 32.0 Å². The highest BCUT2D eigenvalue weighted by molar-refractivity contribution is 5.90. The summed E-state index contributed by atoms with van der Waals surface area (Å²) in [5.41, 5.74) is 3.02. The Morgan fingerprint density at radius 3 is 2.62 bits per heavy atom. The van der Waals surface area contributed by atoms with E-state index in [1.165, 1.54) is 7.11 Å². The smallest absolute Gasteiger partial charge is 0.319 e. The minimum Gasteiger partial charge on any atom is -0.497 e. The van der Waals surface area contributed by atoms with Gasteiger partial charge in [-0.3, -0.25) is 0 Å². The van der Waals surface area contributed by atoms with Crippen molar-refractivity contribution in [3.8, 4) is 28.8 Å². The van der Waals surface area contributed by atoms with Crippen molar-refractivity contribution >= 4 is 23.4 Å². The van der Waals surface area contributed by atoms with E-state index in [1.807, 2.05) is 13.0 Å². The van der Waals surface area contributed by atoms with E-state index in [-0.39, 0.29) is 6.03 Å². The molecule has 2 aromatic carbocycles. The zero-order valence-corrected chi connectivity index (χ0v) is 18.1. The number of benzene rings is 2. The van der Waals surface area contributed by atoms with Gasteiger partial charge in [0.05, 0.1) is 25.5 Å². The summed E-state index contributed by atoms with van der Waals surface area (Å²) >= 11 is 0. The van der Waals surface area contributed by atoms with Gasteiger partial charge in [-0.1, -0.05) is 6.92 Å². The molecule has 32 heavy (non-hydrogen) atoms. The number of urea groups is 1. The van der Waals surface area contributed by atoms with Crippen LogP contribution in [0.5, 0.6) is 11.5 Å². The van der Waals surface area contributed by atoms with Crippen LogP contribution in [0.15, 0.2) is 48.7 Å². The lowest BCUT2D eigenvalue weighted by Crippen LogP contribution is -2.29. The van der Waals surface area contributed by atoms with Crippen LogP contribution in [-0.2, 0) is 0 Å². The maximum atomic E-state index is 12.0. The lowest BCUT2D eigenvalue weighted by Gasteiger charge is -2.12. The van der Waals surface area contributed by atoms with Crippen molar-refractivity contribution in [1.29, 1.82) is 5.26 Å². The summed E-state index contributed by atoms with van der Waals surface area (Å²) in [4.78, 5) is 20.8. The maximum absolute atomic E-state index is 12.0. The summed E-state index contributed by atoms with van der Waals surface area (Å²) in [5.74, 6) is 1.42. The highest BCUT2D eigenvalue weighted by Crippen LogP contribution is 2.28. The Morgan fingerprint density at radius 2 is 1.91 bits per heavy atom. The molecule has 9 nitrogen and oxygen atoms in total. The fourth-order valence-corrected chi connectivity index (χ4v) is 2.94. The standard InChI is InChI=1S/C23H24N6O3/c1-4-8-26-23(30)28-18-11-17(12-19(13-18)31-2)27-22-25-9-7-20(29-22)15-5-6-21(32-3)16(10-15)14-24/h5-7,9-13H,4,8H2,1-3H3,(H,25,27,29)(H2,26,28,30). The molecule has 164 valence electrons. The second-order valence-corrected chi connectivity index (χ2v) is 6.75. The predicted molar refractivity (Wildman–Crippen MR) is 122 cm³/mol. The van der Waals surface area contributed by atoms with Crippen molar-refractivity contribution in [2.24, 2.45) is 0 Å². The molecule has 0 atom stereocenters. The van der Waals surface area contributed by atoms with Gasteiger partial charge in [0.2, 0.25) is 5.95 Å². The Kier molecular flexibility index (Phi) is 7.43. The maximum Gasteiger partial charge on any atom is 0.319 e. The van der Waals surface area contributed by atoms with E-state index in [0.717, 1.165) is 12.0 Å². The van der Waals surface area contributed by atoms with Gasteiger partial charge in [0.15, 0.2) is 0 Å². The molecule has 0 aliphatic carbocycles. The molecule has 9 heteroatoms. The van der Waals surface area contributed by atoms with Gasteiger partial charge < -0.3 is 25.4 Å². The topological polar surface area (TPSA) is 121 Å². The zero-order chi connectivity index (χ0) is 22.9. The summed E-state index contributed by atoms with van der Waals surface area (Å²) in [7, 11) is 3.07. The van der Waals surface area contributed by atoms with Crippen molar-refractivity contribution < 1.29 is 14.3 Å². The second kappa shape index (κ2) is 10.6. The molecule has 0 radical (unpaired) electrons. The number of nitriles is 1. The highest BCUT2D eigenvalue weighted by Gasteiger charge is 2.10. The Morgan fingerprint density at radius 1 is 1.09 bits per heavy atom. The molecule has 0 fully saturated rings. The minimum atomic E-state index is -0.294. The molecule has 1 heterocycles. The van der Waals surface area contributed by atoms with E-state index >= 15 is 0 Å². The van der Waals surface area contributed by atoms with Crippen LogP contribution in [0.25, 0.3) is 11.3 Å². The summed E-state index contributed by atoms with van der Waals surface area (Å²) in [6, 6.07) is 14.1. The van der Waals surface area contributed by atoms with Crippen LogP contribution in [0.3, 0.4) is 0 Å². The third-order valence-corrected chi connectivity index (χ3v) is 4.46. The molecule has 0 aliphatic rings. The number of carbonyl (C=O) groups excluding carboxylic acids is 1. The summed E-state index contributed by atoms with van der Waals surface area (Å²) in [6.45, 7) is 2.56. The van der Waals surface area contributed by atoms with Crippen LogP contribution in [-0.4, -0.2) is 36.8 Å². The molecule has 0 aliphatic heterocycles. The molecular weight excluding hydrogens is 408 g/mol. The molecular formula is C23H24N6O3. The number of hydrogen-bond acceptors (Lipinski definition) is 7. The monoisotopic (exact) mass is 432 g/mol. The van der Waals surface area contributed by atoms with E-state index in [1.54, 1.807) is 49.7 Å². The van der Waals surface area contributed by atoms with Gasteiger partial charge in [-0.15, -0.1) is 0 Å². The van der Waals surface area contributed by atoms with Crippen LogP contribution in [0.1, 0.15) is 18.9 Å². The third kappa shape index (κ3) is 5.64. The number of nitrogens with one attached hydrogen (secondary N) is 3. The molecule has 0 saturated heterocycles. The molecule has 3 aromatic rings. The molecule has 0 bridgehead atoms. The fourth-order valence-electron chi connectivity index (χ4n) is 2.94. The first kappa shape index (κ1) is 22.4. The van der Waals surface area contributed by atoms with Gasteiger partial charge in [-0.25, -0.2) is 14.8 Å². The number of ether oxygens (including phenoxy) is 2. The van der Waals surface area contributed by atoms with Crippen molar-refractivity contribution in [2.75, 3.05) is 31.4 Å². The van der Waals surface area contributed by atoms with Crippen molar-refractivity contribution in [1.82, 2.24) is 15.3 Å². The van der Waals surface area contributed by atoms with E-state index in [0.29, 0.717) is 46.6 Å². The minimum absolute atomic E-state index is 0.294. The Balaban J connectivity index is 1.84. The lowest BCUT2D eigenvalue weighted by atomic mass is 10.1. The van der Waals surface area contributed by atoms with Crippen molar-refractivity contribution in [2.45, 2.75) is 13.3 Å². The summed E-state index contributed by atoms with van der Waals surface area (Å²) in [6.07, 6.45) is 2.47. The number of hydrogen-bond donors (Lipinski definition) is 3. The first-order valence-electron chi connectivity index (χ1n) is 9.98. The zero-order valence-electron chi connectivity index (χ0n) is 18.1. The van der Waals surface area contributed by atoms with Crippen LogP contribution in [0.2, 0.25) is 0 Å². The number of anilines is 3. The lowest BCUT2D eigenvalue weighted by molar-refractivity contribution is 0.252. The fraction of sp³-hybridized carbons (Fsp3) is 0.217. The van der Waals surface area contributed by atoms with Crippen LogP contribution < -0.4 is 25.4 Å². The first-order chi connectivity index (χ1) is 15.6. The van der Waals surface area contributed by atoms with E-state index in [4.69, 9.17) is 9.47 Å². The normalized spacial score (nSPS) is 10.1. The van der Waals surface area contributed by atoms with Crippen LogP contribution in [0.4, 0.5) is 22.1 Å². The third-order valence-electron chi connectivity index (χ3n) is 4.46. The van der Waals surface area contributed by atoms with Gasteiger partial charge in [0.1, 0.15) is 17.6 Å². The van der Waals surface area contributed by atoms with E-state index in [9.17, 15) is 10.1 Å². The van der Waals surface area contributed by atoms with Gasteiger partial charge in [-0.2, -0.15) is 5.26 Å². The highest BCUT2D eigenvalue weighted by atomic mass is 16.5. The SMILES string of the molecule is CCCNC(=O)Nc1cc(Nc2nccc(-c3ccc(OC)c(C#N)c3)n2)cc(OC)c1.